The number of allylic oxidation sites excluding steroid dienone is 2. The Hall–Kier alpha value is -3.21. The quantitative estimate of drug-likeness (QED) is 0.478. The molecule has 1 saturated heterocycles. The summed E-state index contributed by atoms with van der Waals surface area (Å²) in [5.41, 5.74) is 2.25. The first-order valence-electron chi connectivity index (χ1n) is 11.5. The minimum absolute atomic E-state index is 0.0245. The molecule has 0 aromatic heterocycles. The van der Waals surface area contributed by atoms with Crippen LogP contribution in [-0.4, -0.2) is 40.6 Å². The van der Waals surface area contributed by atoms with E-state index in [1.807, 2.05) is 53.4 Å². The lowest BCUT2D eigenvalue weighted by atomic mass is 9.85. The number of hydrogen-bond acceptors (Lipinski definition) is 3. The number of likely N-dealkylation sites (tertiary alicyclic amines) is 1. The van der Waals surface area contributed by atoms with Crippen molar-refractivity contribution < 1.29 is 14.4 Å². The lowest BCUT2D eigenvalue weighted by molar-refractivity contribution is -0.141. The second kappa shape index (κ2) is 8.73. The molecule has 0 N–H and O–H groups in total. The molecule has 5 nitrogen and oxygen atoms in total. The maximum Gasteiger partial charge on any atom is 0.233 e. The lowest BCUT2D eigenvalue weighted by Crippen LogP contribution is -2.38. The highest BCUT2D eigenvalue weighted by Gasteiger charge is 2.59. The molecular weight excluding hydrogens is 400 g/mol. The molecule has 2 bridgehead atoms. The molecule has 2 fully saturated rings. The minimum Gasteiger partial charge on any atom is -0.338 e. The zero-order valence-electron chi connectivity index (χ0n) is 18.1. The van der Waals surface area contributed by atoms with Gasteiger partial charge in [0.2, 0.25) is 17.7 Å². The number of hydrogen-bond donors (Lipinski definition) is 0. The SMILES string of the molecule is O=C(CCN1C(=O)[C@@H]2[C@@H](C1=O)[C@H]1C=C[C@H]2C1)N(CCc1ccccc1)Cc1ccccc1. The number of carbonyl (C=O) groups is 3. The summed E-state index contributed by atoms with van der Waals surface area (Å²) in [6.07, 6.45) is 6.04. The molecule has 3 aliphatic rings. The van der Waals surface area contributed by atoms with Crippen LogP contribution in [0.3, 0.4) is 0 Å². The molecule has 2 aromatic rings. The van der Waals surface area contributed by atoms with Crippen LogP contribution in [0.2, 0.25) is 0 Å². The Kier molecular flexibility index (Phi) is 5.64. The first-order chi connectivity index (χ1) is 15.6. The van der Waals surface area contributed by atoms with E-state index < -0.39 is 0 Å². The van der Waals surface area contributed by atoms with Gasteiger partial charge in [0, 0.05) is 26.1 Å². The van der Waals surface area contributed by atoms with Gasteiger partial charge in [-0.05, 0) is 35.8 Å². The zero-order chi connectivity index (χ0) is 22.1. The molecule has 32 heavy (non-hydrogen) atoms. The summed E-state index contributed by atoms with van der Waals surface area (Å²) in [7, 11) is 0. The normalized spacial score (nSPS) is 25.4. The van der Waals surface area contributed by atoms with E-state index in [0.717, 1.165) is 18.4 Å². The van der Waals surface area contributed by atoms with Gasteiger partial charge in [0.25, 0.3) is 0 Å². The summed E-state index contributed by atoms with van der Waals surface area (Å²) in [5, 5.41) is 0. The number of amides is 3. The van der Waals surface area contributed by atoms with E-state index in [4.69, 9.17) is 0 Å². The summed E-state index contributed by atoms with van der Waals surface area (Å²) < 4.78 is 0. The molecule has 5 heteroatoms. The minimum atomic E-state index is -0.203. The second-order valence-electron chi connectivity index (χ2n) is 9.11. The Morgan fingerprint density at radius 2 is 1.41 bits per heavy atom. The fourth-order valence-corrected chi connectivity index (χ4v) is 5.55. The van der Waals surface area contributed by atoms with Gasteiger partial charge in [-0.25, -0.2) is 0 Å². The topological polar surface area (TPSA) is 57.7 Å². The van der Waals surface area contributed by atoms with Crippen molar-refractivity contribution >= 4 is 17.7 Å². The Morgan fingerprint density at radius 1 is 0.844 bits per heavy atom. The fraction of sp³-hybridized carbons (Fsp3) is 0.370. The van der Waals surface area contributed by atoms with Gasteiger partial charge in [-0.15, -0.1) is 0 Å². The molecule has 1 heterocycles. The molecule has 1 aliphatic heterocycles. The lowest BCUT2D eigenvalue weighted by Gasteiger charge is -2.24. The Morgan fingerprint density at radius 3 is 2.00 bits per heavy atom. The average molecular weight is 429 g/mol. The van der Waals surface area contributed by atoms with E-state index >= 15 is 0 Å². The van der Waals surface area contributed by atoms with Crippen LogP contribution in [0.1, 0.15) is 24.0 Å². The van der Waals surface area contributed by atoms with Crippen molar-refractivity contribution in [2.24, 2.45) is 23.7 Å². The molecule has 2 aromatic carbocycles. The van der Waals surface area contributed by atoms with Crippen LogP contribution in [-0.2, 0) is 27.3 Å². The van der Waals surface area contributed by atoms with E-state index in [1.165, 1.54) is 10.5 Å². The van der Waals surface area contributed by atoms with Gasteiger partial charge in [0.05, 0.1) is 11.8 Å². The standard InChI is InChI=1S/C27H28N2O3/c30-23(14-16-29-26(31)24-21-11-12-22(17-21)25(24)27(29)32)28(18-20-9-5-2-6-10-20)15-13-19-7-3-1-4-8-19/h1-12,21-22,24-25H,13-18H2/t21-,22-,24-,25-/m0/s1. The van der Waals surface area contributed by atoms with Gasteiger partial charge in [0.1, 0.15) is 0 Å². The van der Waals surface area contributed by atoms with E-state index in [2.05, 4.69) is 24.3 Å². The summed E-state index contributed by atoms with van der Waals surface area (Å²) >= 11 is 0. The smallest absolute Gasteiger partial charge is 0.233 e. The molecule has 4 atom stereocenters. The number of rotatable bonds is 8. The van der Waals surface area contributed by atoms with Crippen LogP contribution in [0.15, 0.2) is 72.8 Å². The Labute approximate surface area is 188 Å². The zero-order valence-corrected chi connectivity index (χ0v) is 18.1. The fourth-order valence-electron chi connectivity index (χ4n) is 5.55. The Balaban J connectivity index is 1.24. The van der Waals surface area contributed by atoms with Crippen molar-refractivity contribution in [2.45, 2.75) is 25.8 Å². The van der Waals surface area contributed by atoms with Crippen LogP contribution < -0.4 is 0 Å². The van der Waals surface area contributed by atoms with Gasteiger partial charge in [-0.3, -0.25) is 19.3 Å². The van der Waals surface area contributed by atoms with Gasteiger partial charge in [-0.2, -0.15) is 0 Å². The van der Waals surface area contributed by atoms with Crippen molar-refractivity contribution in [3.63, 3.8) is 0 Å². The van der Waals surface area contributed by atoms with Crippen LogP contribution >= 0.6 is 0 Å². The van der Waals surface area contributed by atoms with Crippen molar-refractivity contribution in [1.82, 2.24) is 9.80 Å². The predicted molar refractivity (Wildman–Crippen MR) is 121 cm³/mol. The van der Waals surface area contributed by atoms with Crippen molar-refractivity contribution in [1.29, 1.82) is 0 Å². The highest BCUT2D eigenvalue weighted by molar-refractivity contribution is 6.06. The molecule has 5 rings (SSSR count). The highest BCUT2D eigenvalue weighted by Crippen LogP contribution is 2.52. The molecule has 0 spiro atoms. The van der Waals surface area contributed by atoms with E-state index in [-0.39, 0.29) is 54.4 Å². The third kappa shape index (κ3) is 3.88. The molecule has 3 amide bonds. The maximum absolute atomic E-state index is 13.2. The second-order valence-corrected chi connectivity index (χ2v) is 9.11. The summed E-state index contributed by atoms with van der Waals surface area (Å²) in [6, 6.07) is 20.0. The van der Waals surface area contributed by atoms with Gasteiger partial charge in [-0.1, -0.05) is 72.8 Å². The number of nitrogens with zero attached hydrogens (tertiary/aromatic N) is 2. The molecule has 0 unspecified atom stereocenters. The molecule has 2 aliphatic carbocycles. The van der Waals surface area contributed by atoms with Crippen LogP contribution in [0.5, 0.6) is 0 Å². The number of imide groups is 1. The molecular formula is C27H28N2O3. The van der Waals surface area contributed by atoms with Crippen LogP contribution in [0.25, 0.3) is 0 Å². The number of carbonyl (C=O) groups excluding carboxylic acids is 3. The molecule has 0 radical (unpaired) electrons. The van der Waals surface area contributed by atoms with Gasteiger partial charge < -0.3 is 4.90 Å². The van der Waals surface area contributed by atoms with Crippen molar-refractivity contribution in [2.75, 3.05) is 13.1 Å². The van der Waals surface area contributed by atoms with E-state index in [9.17, 15) is 14.4 Å². The van der Waals surface area contributed by atoms with Crippen LogP contribution in [0, 0.1) is 23.7 Å². The monoisotopic (exact) mass is 428 g/mol. The highest BCUT2D eigenvalue weighted by atomic mass is 16.2. The largest absolute Gasteiger partial charge is 0.338 e. The first-order valence-corrected chi connectivity index (χ1v) is 11.5. The summed E-state index contributed by atoms with van der Waals surface area (Å²) in [5.74, 6) is -0.196. The molecule has 164 valence electrons. The van der Waals surface area contributed by atoms with E-state index in [1.54, 1.807) is 0 Å². The molecule has 1 saturated carbocycles. The van der Waals surface area contributed by atoms with Crippen molar-refractivity contribution in [3.05, 3.63) is 83.9 Å². The van der Waals surface area contributed by atoms with Crippen molar-refractivity contribution in [3.8, 4) is 0 Å². The predicted octanol–water partition coefficient (Wildman–Crippen LogP) is 3.46. The third-order valence-corrected chi connectivity index (χ3v) is 7.19. The van der Waals surface area contributed by atoms with Gasteiger partial charge >= 0.3 is 0 Å². The third-order valence-electron chi connectivity index (χ3n) is 7.19. The Bertz CT molecular complexity index is 1000. The summed E-state index contributed by atoms with van der Waals surface area (Å²) in [6.45, 7) is 1.30. The van der Waals surface area contributed by atoms with E-state index in [0.29, 0.717) is 13.1 Å². The number of benzene rings is 2. The van der Waals surface area contributed by atoms with Gasteiger partial charge in [0.15, 0.2) is 0 Å². The summed E-state index contributed by atoms with van der Waals surface area (Å²) in [4.78, 5) is 42.2. The number of fused-ring (bicyclic) bond motifs is 5. The maximum atomic E-state index is 13.2. The van der Waals surface area contributed by atoms with Crippen LogP contribution in [0.4, 0.5) is 0 Å². The first kappa shape index (κ1) is 20.7. The average Bonchev–Trinajstić information content (AvgIpc) is 3.50.